The fourth-order valence-corrected chi connectivity index (χ4v) is 2.63. The molecule has 2 heterocycles. The maximum atomic E-state index is 13.2. The molecule has 20 heavy (non-hydrogen) atoms. The lowest BCUT2D eigenvalue weighted by Crippen LogP contribution is -2.30. The van der Waals surface area contributed by atoms with Gasteiger partial charge in [0.25, 0.3) is 5.91 Å². The van der Waals surface area contributed by atoms with Crippen molar-refractivity contribution >= 4 is 5.91 Å². The first-order valence-electron chi connectivity index (χ1n) is 6.65. The summed E-state index contributed by atoms with van der Waals surface area (Å²) in [5, 5.41) is 3.87. The first-order chi connectivity index (χ1) is 9.65. The molecule has 104 valence electrons. The van der Waals surface area contributed by atoms with Crippen LogP contribution in [0, 0.1) is 12.7 Å². The van der Waals surface area contributed by atoms with Gasteiger partial charge in [0.2, 0.25) is 0 Å². The van der Waals surface area contributed by atoms with E-state index in [4.69, 9.17) is 4.52 Å². The summed E-state index contributed by atoms with van der Waals surface area (Å²) in [5.41, 5.74) is 1.16. The minimum atomic E-state index is -0.401. The molecule has 1 amide bonds. The molecule has 3 rings (SSSR count). The van der Waals surface area contributed by atoms with Crippen molar-refractivity contribution in [2.45, 2.75) is 25.8 Å². The molecule has 5 heteroatoms. The van der Waals surface area contributed by atoms with E-state index in [-0.39, 0.29) is 11.9 Å². The van der Waals surface area contributed by atoms with Gasteiger partial charge < -0.3 is 9.42 Å². The summed E-state index contributed by atoms with van der Waals surface area (Å²) in [6.45, 7) is 2.50. The Morgan fingerprint density at radius 2 is 2.30 bits per heavy atom. The molecule has 1 aromatic carbocycles. The van der Waals surface area contributed by atoms with Crippen molar-refractivity contribution in [3.63, 3.8) is 0 Å². The monoisotopic (exact) mass is 274 g/mol. The third-order valence-corrected chi connectivity index (χ3v) is 3.56. The lowest BCUT2D eigenvalue weighted by molar-refractivity contribution is 0.0714. The zero-order valence-electron chi connectivity index (χ0n) is 11.2. The molecular formula is C15H15FN2O2. The molecule has 0 radical (unpaired) electrons. The van der Waals surface area contributed by atoms with Gasteiger partial charge in [-0.3, -0.25) is 4.79 Å². The summed E-state index contributed by atoms with van der Waals surface area (Å²) in [7, 11) is 0. The maximum Gasteiger partial charge on any atom is 0.254 e. The molecule has 0 bridgehead atoms. The Kier molecular flexibility index (Phi) is 3.26. The Hall–Kier alpha value is -2.17. The summed E-state index contributed by atoms with van der Waals surface area (Å²) < 4.78 is 18.5. The van der Waals surface area contributed by atoms with Crippen LogP contribution < -0.4 is 0 Å². The highest BCUT2D eigenvalue weighted by Gasteiger charge is 2.33. The molecule has 1 atom stereocenters. The largest absolute Gasteiger partial charge is 0.359 e. The second-order valence-corrected chi connectivity index (χ2v) is 5.04. The lowest BCUT2D eigenvalue weighted by Gasteiger charge is -2.22. The zero-order chi connectivity index (χ0) is 14.1. The van der Waals surface area contributed by atoms with Crippen LogP contribution in [-0.4, -0.2) is 22.5 Å². The average molecular weight is 274 g/mol. The van der Waals surface area contributed by atoms with Gasteiger partial charge in [-0.25, -0.2) is 4.39 Å². The topological polar surface area (TPSA) is 46.3 Å². The standard InChI is InChI=1S/C15H15FN2O2/c1-10-8-14(20-17-10)13-6-3-7-18(13)15(19)11-4-2-5-12(16)9-11/h2,4-5,8-9,13H,3,6-7H2,1H3/t13-/m0/s1. The van der Waals surface area contributed by atoms with E-state index in [0.29, 0.717) is 17.9 Å². The molecule has 1 saturated heterocycles. The van der Waals surface area contributed by atoms with Gasteiger partial charge in [0.1, 0.15) is 5.82 Å². The first-order valence-corrected chi connectivity index (χ1v) is 6.65. The third-order valence-electron chi connectivity index (χ3n) is 3.56. The highest BCUT2D eigenvalue weighted by molar-refractivity contribution is 5.94. The van der Waals surface area contributed by atoms with Crippen LogP contribution in [0.2, 0.25) is 0 Å². The van der Waals surface area contributed by atoms with Crippen molar-refractivity contribution < 1.29 is 13.7 Å². The number of carbonyl (C=O) groups excluding carboxylic acids is 1. The molecule has 1 aromatic heterocycles. The number of aryl methyl sites for hydroxylation is 1. The summed E-state index contributed by atoms with van der Waals surface area (Å²) in [5.74, 6) is 0.132. The van der Waals surface area contributed by atoms with E-state index < -0.39 is 5.82 Å². The zero-order valence-corrected chi connectivity index (χ0v) is 11.2. The predicted molar refractivity (Wildman–Crippen MR) is 70.7 cm³/mol. The van der Waals surface area contributed by atoms with Crippen LogP contribution in [-0.2, 0) is 0 Å². The van der Waals surface area contributed by atoms with Crippen LogP contribution in [0.25, 0.3) is 0 Å². The lowest BCUT2D eigenvalue weighted by atomic mass is 10.1. The second-order valence-electron chi connectivity index (χ2n) is 5.04. The molecular weight excluding hydrogens is 259 g/mol. The van der Waals surface area contributed by atoms with E-state index in [1.54, 1.807) is 17.0 Å². The van der Waals surface area contributed by atoms with Crippen molar-refractivity contribution in [2.75, 3.05) is 6.54 Å². The van der Waals surface area contributed by atoms with E-state index >= 15 is 0 Å². The highest BCUT2D eigenvalue weighted by atomic mass is 19.1. The van der Waals surface area contributed by atoms with Gasteiger partial charge in [-0.1, -0.05) is 11.2 Å². The summed E-state index contributed by atoms with van der Waals surface area (Å²) in [4.78, 5) is 14.2. The summed E-state index contributed by atoms with van der Waals surface area (Å²) in [6, 6.07) is 7.52. The molecule has 0 N–H and O–H groups in total. The first kappa shape index (κ1) is 12.8. The van der Waals surface area contributed by atoms with Crippen molar-refractivity contribution in [2.24, 2.45) is 0 Å². The SMILES string of the molecule is Cc1cc([C@@H]2CCCN2C(=O)c2cccc(F)c2)on1. The van der Waals surface area contributed by atoms with Gasteiger partial charge >= 0.3 is 0 Å². The van der Waals surface area contributed by atoms with Crippen LogP contribution in [0.3, 0.4) is 0 Å². The van der Waals surface area contributed by atoms with E-state index in [9.17, 15) is 9.18 Å². The van der Waals surface area contributed by atoms with Crippen LogP contribution in [0.5, 0.6) is 0 Å². The fourth-order valence-electron chi connectivity index (χ4n) is 2.63. The van der Waals surface area contributed by atoms with Crippen LogP contribution in [0.15, 0.2) is 34.9 Å². The Bertz CT molecular complexity index is 638. The molecule has 2 aromatic rings. The van der Waals surface area contributed by atoms with Crippen molar-refractivity contribution in [3.05, 3.63) is 53.2 Å². The van der Waals surface area contributed by atoms with Gasteiger partial charge in [0.05, 0.1) is 11.7 Å². The van der Waals surface area contributed by atoms with Gasteiger partial charge in [0.15, 0.2) is 5.76 Å². The Morgan fingerprint density at radius 1 is 1.45 bits per heavy atom. The number of rotatable bonds is 2. The Labute approximate surface area is 116 Å². The summed E-state index contributed by atoms with van der Waals surface area (Å²) in [6.07, 6.45) is 1.75. The average Bonchev–Trinajstić information content (AvgIpc) is 3.06. The van der Waals surface area contributed by atoms with E-state index in [1.165, 1.54) is 12.1 Å². The number of amides is 1. The van der Waals surface area contributed by atoms with Gasteiger partial charge in [0, 0.05) is 18.2 Å². The Morgan fingerprint density at radius 3 is 3.00 bits per heavy atom. The molecule has 0 spiro atoms. The number of carbonyl (C=O) groups is 1. The number of nitrogens with zero attached hydrogens (tertiary/aromatic N) is 2. The molecule has 0 unspecified atom stereocenters. The van der Waals surface area contributed by atoms with E-state index in [1.807, 2.05) is 13.0 Å². The van der Waals surface area contributed by atoms with Gasteiger partial charge in [-0.15, -0.1) is 0 Å². The quantitative estimate of drug-likeness (QED) is 0.845. The number of halogens is 1. The highest BCUT2D eigenvalue weighted by Crippen LogP contribution is 2.33. The van der Waals surface area contributed by atoms with Crippen molar-refractivity contribution in [1.29, 1.82) is 0 Å². The minimum Gasteiger partial charge on any atom is -0.359 e. The number of likely N-dealkylation sites (tertiary alicyclic amines) is 1. The molecule has 1 fully saturated rings. The third kappa shape index (κ3) is 2.31. The molecule has 1 aliphatic rings. The van der Waals surface area contributed by atoms with Crippen molar-refractivity contribution in [3.8, 4) is 0 Å². The fraction of sp³-hybridized carbons (Fsp3) is 0.333. The predicted octanol–water partition coefficient (Wildman–Crippen LogP) is 3.10. The summed E-state index contributed by atoms with van der Waals surface area (Å²) >= 11 is 0. The number of hydrogen-bond acceptors (Lipinski definition) is 3. The minimum absolute atomic E-state index is 0.105. The number of hydrogen-bond donors (Lipinski definition) is 0. The van der Waals surface area contributed by atoms with Gasteiger partial charge in [-0.2, -0.15) is 0 Å². The second kappa shape index (κ2) is 5.07. The van der Waals surface area contributed by atoms with Gasteiger partial charge in [-0.05, 0) is 38.0 Å². The van der Waals surface area contributed by atoms with Crippen LogP contribution >= 0.6 is 0 Å². The molecule has 1 aliphatic heterocycles. The van der Waals surface area contributed by atoms with Crippen LogP contribution in [0.4, 0.5) is 4.39 Å². The molecule has 4 nitrogen and oxygen atoms in total. The van der Waals surface area contributed by atoms with E-state index in [0.717, 1.165) is 18.5 Å². The molecule has 0 aliphatic carbocycles. The Balaban J connectivity index is 1.87. The maximum absolute atomic E-state index is 13.2. The molecule has 0 saturated carbocycles. The number of aromatic nitrogens is 1. The number of benzene rings is 1. The van der Waals surface area contributed by atoms with E-state index in [2.05, 4.69) is 5.16 Å². The normalized spacial score (nSPS) is 18.5. The van der Waals surface area contributed by atoms with Crippen LogP contribution in [0.1, 0.15) is 40.7 Å². The van der Waals surface area contributed by atoms with Crippen molar-refractivity contribution in [1.82, 2.24) is 10.1 Å². The smallest absolute Gasteiger partial charge is 0.254 e.